The van der Waals surface area contributed by atoms with Crippen LogP contribution in [0.1, 0.15) is 23.5 Å². The highest BCUT2D eigenvalue weighted by molar-refractivity contribution is 9.10. The van der Waals surface area contributed by atoms with E-state index in [4.69, 9.17) is 10.5 Å². The SMILES string of the molecule is Cc1ccsc1C(Oc1ccc(F)c(Br)c1)C(C)N. The fourth-order valence-corrected chi connectivity index (χ4v) is 3.20. The summed E-state index contributed by atoms with van der Waals surface area (Å²) in [5, 5.41) is 2.02. The highest BCUT2D eigenvalue weighted by atomic mass is 79.9. The Morgan fingerprint density at radius 1 is 1.37 bits per heavy atom. The summed E-state index contributed by atoms with van der Waals surface area (Å²) in [5.74, 6) is 0.292. The van der Waals surface area contributed by atoms with Crippen LogP contribution in [0.3, 0.4) is 0 Å². The van der Waals surface area contributed by atoms with E-state index in [1.165, 1.54) is 6.07 Å². The van der Waals surface area contributed by atoms with Crippen LogP contribution >= 0.6 is 27.3 Å². The quantitative estimate of drug-likeness (QED) is 0.891. The second kappa shape index (κ2) is 6.03. The first-order valence-electron chi connectivity index (χ1n) is 5.90. The molecule has 0 fully saturated rings. The lowest BCUT2D eigenvalue weighted by Crippen LogP contribution is -2.28. The van der Waals surface area contributed by atoms with Gasteiger partial charge in [-0.3, -0.25) is 0 Å². The number of hydrogen-bond donors (Lipinski definition) is 1. The van der Waals surface area contributed by atoms with E-state index in [0.717, 1.165) is 10.4 Å². The van der Waals surface area contributed by atoms with Crippen molar-refractivity contribution >= 4 is 27.3 Å². The van der Waals surface area contributed by atoms with Crippen molar-refractivity contribution in [2.45, 2.75) is 26.0 Å². The van der Waals surface area contributed by atoms with Crippen molar-refractivity contribution in [1.29, 1.82) is 0 Å². The summed E-state index contributed by atoms with van der Waals surface area (Å²) in [4.78, 5) is 1.11. The summed E-state index contributed by atoms with van der Waals surface area (Å²) < 4.78 is 19.5. The zero-order chi connectivity index (χ0) is 14.0. The first kappa shape index (κ1) is 14.5. The molecule has 2 rings (SSSR count). The van der Waals surface area contributed by atoms with Crippen molar-refractivity contribution in [2.24, 2.45) is 5.73 Å². The molecule has 19 heavy (non-hydrogen) atoms. The van der Waals surface area contributed by atoms with Crippen LogP contribution in [0.15, 0.2) is 34.1 Å². The Balaban J connectivity index is 2.27. The minimum Gasteiger partial charge on any atom is -0.483 e. The van der Waals surface area contributed by atoms with Crippen molar-refractivity contribution in [3.63, 3.8) is 0 Å². The Kier molecular flexibility index (Phi) is 4.60. The molecule has 0 aliphatic carbocycles. The second-order valence-electron chi connectivity index (χ2n) is 4.44. The summed E-state index contributed by atoms with van der Waals surface area (Å²) >= 11 is 4.77. The molecule has 0 bridgehead atoms. The van der Waals surface area contributed by atoms with Gasteiger partial charge in [0.15, 0.2) is 0 Å². The lowest BCUT2D eigenvalue weighted by molar-refractivity contribution is 0.183. The number of benzene rings is 1. The molecule has 1 heterocycles. The molecule has 2 atom stereocenters. The number of nitrogens with two attached hydrogens (primary N) is 1. The van der Waals surface area contributed by atoms with Crippen LogP contribution in [0.5, 0.6) is 5.75 Å². The molecular weight excluding hydrogens is 329 g/mol. The van der Waals surface area contributed by atoms with Gasteiger partial charge >= 0.3 is 0 Å². The van der Waals surface area contributed by atoms with Crippen molar-refractivity contribution in [1.82, 2.24) is 0 Å². The molecule has 0 saturated heterocycles. The van der Waals surface area contributed by atoms with E-state index in [1.807, 2.05) is 25.3 Å². The summed E-state index contributed by atoms with van der Waals surface area (Å²) in [7, 11) is 0. The molecule has 1 aromatic heterocycles. The van der Waals surface area contributed by atoms with E-state index in [1.54, 1.807) is 23.5 Å². The highest BCUT2D eigenvalue weighted by Crippen LogP contribution is 2.32. The lowest BCUT2D eigenvalue weighted by atomic mass is 10.1. The van der Waals surface area contributed by atoms with Gasteiger partial charge in [-0.2, -0.15) is 0 Å². The summed E-state index contributed by atoms with van der Waals surface area (Å²) in [6, 6.07) is 6.49. The van der Waals surface area contributed by atoms with E-state index in [0.29, 0.717) is 10.2 Å². The molecule has 2 N–H and O–H groups in total. The molecule has 0 spiro atoms. The van der Waals surface area contributed by atoms with Gasteiger partial charge in [-0.05, 0) is 65.0 Å². The van der Waals surface area contributed by atoms with Gasteiger partial charge in [0.1, 0.15) is 17.7 Å². The maximum Gasteiger partial charge on any atom is 0.148 e. The third kappa shape index (κ3) is 3.35. The van der Waals surface area contributed by atoms with Gasteiger partial charge < -0.3 is 10.5 Å². The fourth-order valence-electron chi connectivity index (χ4n) is 1.77. The Bertz CT molecular complexity index is 570. The van der Waals surface area contributed by atoms with Crippen molar-refractivity contribution in [2.75, 3.05) is 0 Å². The topological polar surface area (TPSA) is 35.2 Å². The van der Waals surface area contributed by atoms with E-state index in [9.17, 15) is 4.39 Å². The van der Waals surface area contributed by atoms with Crippen LogP contribution < -0.4 is 10.5 Å². The van der Waals surface area contributed by atoms with E-state index in [2.05, 4.69) is 15.9 Å². The van der Waals surface area contributed by atoms with Gasteiger partial charge in [-0.25, -0.2) is 4.39 Å². The standard InChI is InChI=1S/C14H15BrFNOS/c1-8-5-6-19-14(8)13(9(2)17)18-10-3-4-12(16)11(15)7-10/h3-7,9,13H,17H2,1-2H3. The minimum atomic E-state index is -0.308. The molecule has 102 valence electrons. The van der Waals surface area contributed by atoms with Gasteiger partial charge in [0.05, 0.1) is 4.47 Å². The van der Waals surface area contributed by atoms with Crippen molar-refractivity contribution < 1.29 is 9.13 Å². The largest absolute Gasteiger partial charge is 0.483 e. The summed E-state index contributed by atoms with van der Waals surface area (Å²) in [5.41, 5.74) is 7.17. The normalized spacial score (nSPS) is 14.2. The first-order valence-corrected chi connectivity index (χ1v) is 7.57. The predicted molar refractivity (Wildman–Crippen MR) is 80.2 cm³/mol. The van der Waals surface area contributed by atoms with Gasteiger partial charge in [-0.15, -0.1) is 11.3 Å². The smallest absolute Gasteiger partial charge is 0.148 e. The Morgan fingerprint density at radius 2 is 2.11 bits per heavy atom. The summed E-state index contributed by atoms with van der Waals surface area (Å²) in [6.45, 7) is 3.94. The molecule has 2 aromatic rings. The molecule has 0 radical (unpaired) electrons. The molecule has 2 unspecified atom stereocenters. The molecule has 2 nitrogen and oxygen atoms in total. The highest BCUT2D eigenvalue weighted by Gasteiger charge is 2.21. The van der Waals surface area contributed by atoms with E-state index >= 15 is 0 Å². The average molecular weight is 344 g/mol. The fraction of sp³-hybridized carbons (Fsp3) is 0.286. The number of thiophene rings is 1. The molecular formula is C14H15BrFNOS. The Hall–Kier alpha value is -0.910. The van der Waals surface area contributed by atoms with Gasteiger partial charge in [0.25, 0.3) is 0 Å². The molecule has 1 aromatic carbocycles. The third-order valence-corrected chi connectivity index (χ3v) is 4.48. The predicted octanol–water partition coefficient (Wildman–Crippen LogP) is 4.43. The number of ether oxygens (including phenoxy) is 1. The zero-order valence-corrected chi connectivity index (χ0v) is 13.1. The lowest BCUT2D eigenvalue weighted by Gasteiger charge is -2.22. The van der Waals surface area contributed by atoms with Gasteiger partial charge in [0, 0.05) is 10.9 Å². The number of halogens is 2. The van der Waals surface area contributed by atoms with Crippen LogP contribution in [-0.4, -0.2) is 6.04 Å². The van der Waals surface area contributed by atoms with Crippen LogP contribution in [0.25, 0.3) is 0 Å². The maximum absolute atomic E-state index is 13.2. The first-order chi connectivity index (χ1) is 8.99. The van der Waals surface area contributed by atoms with Gasteiger partial charge in [0.2, 0.25) is 0 Å². The van der Waals surface area contributed by atoms with Crippen LogP contribution in [0, 0.1) is 12.7 Å². The molecule has 0 aliphatic rings. The van der Waals surface area contributed by atoms with Crippen molar-refractivity contribution in [3.8, 4) is 5.75 Å². The average Bonchev–Trinajstić information content (AvgIpc) is 2.76. The zero-order valence-electron chi connectivity index (χ0n) is 10.7. The van der Waals surface area contributed by atoms with Gasteiger partial charge in [-0.1, -0.05) is 0 Å². The summed E-state index contributed by atoms with van der Waals surface area (Å²) in [6.07, 6.45) is -0.225. The molecule has 5 heteroatoms. The maximum atomic E-state index is 13.2. The molecule has 0 saturated carbocycles. The third-order valence-electron chi connectivity index (χ3n) is 2.79. The van der Waals surface area contributed by atoms with Crippen LogP contribution in [0.2, 0.25) is 0 Å². The van der Waals surface area contributed by atoms with Crippen LogP contribution in [-0.2, 0) is 0 Å². The van der Waals surface area contributed by atoms with Crippen molar-refractivity contribution in [3.05, 3.63) is 50.4 Å². The number of hydrogen-bond acceptors (Lipinski definition) is 3. The van der Waals surface area contributed by atoms with E-state index < -0.39 is 0 Å². The van der Waals surface area contributed by atoms with Crippen LogP contribution in [0.4, 0.5) is 4.39 Å². The molecule has 0 amide bonds. The van der Waals surface area contributed by atoms with E-state index in [-0.39, 0.29) is 18.0 Å². The Labute approximate surface area is 124 Å². The molecule has 0 aliphatic heterocycles. The Morgan fingerprint density at radius 3 is 2.63 bits per heavy atom. The number of aryl methyl sites for hydroxylation is 1. The second-order valence-corrected chi connectivity index (χ2v) is 6.24. The monoisotopic (exact) mass is 343 g/mol. The number of rotatable bonds is 4. The minimum absolute atomic E-state index is 0.152.